The fourth-order valence-corrected chi connectivity index (χ4v) is 4.31. The highest BCUT2D eigenvalue weighted by molar-refractivity contribution is 5.70. The maximum Gasteiger partial charge on any atom is 0.411 e. The van der Waals surface area contributed by atoms with E-state index in [4.69, 9.17) is 4.74 Å². The molecule has 0 aliphatic carbocycles. The Morgan fingerprint density at radius 2 is 1.81 bits per heavy atom. The van der Waals surface area contributed by atoms with E-state index in [9.17, 15) is 13.6 Å². The molecule has 1 fully saturated rings. The Balaban J connectivity index is 1.52. The lowest BCUT2D eigenvalue weighted by atomic mass is 9.85. The van der Waals surface area contributed by atoms with Crippen LogP contribution in [0.1, 0.15) is 36.9 Å². The lowest BCUT2D eigenvalue weighted by molar-refractivity contribution is -0.0588. The average molecular weight is 433 g/mol. The van der Waals surface area contributed by atoms with Crippen LogP contribution in [0.5, 0.6) is 0 Å². The van der Waals surface area contributed by atoms with Crippen molar-refractivity contribution in [2.24, 2.45) is 0 Å². The summed E-state index contributed by atoms with van der Waals surface area (Å²) in [5.74, 6) is -1.21. The predicted octanol–water partition coefficient (Wildman–Crippen LogP) is 7.01. The molecule has 3 aromatic carbocycles. The van der Waals surface area contributed by atoms with Crippen LogP contribution < -0.4 is 0 Å². The number of ether oxygens (including phenoxy) is 1. The van der Waals surface area contributed by atoms with Gasteiger partial charge in [0.25, 0.3) is 0 Å². The normalized spacial score (nSPS) is 19.3. The molecule has 0 bridgehead atoms. The molecule has 1 heterocycles. The number of hydrogen-bond acceptors (Lipinski definition) is 2. The SMILES string of the molecule is C=CC[C@@]1(c2ccccc2)CCN([C@@H](C)c2ccc(-c3ccc(F)cc3F)cc2)C(=O)O1. The zero-order valence-corrected chi connectivity index (χ0v) is 17.9. The summed E-state index contributed by atoms with van der Waals surface area (Å²) in [6.07, 6.45) is 2.61. The minimum atomic E-state index is -0.708. The van der Waals surface area contributed by atoms with Gasteiger partial charge in [0.05, 0.1) is 6.04 Å². The summed E-state index contributed by atoms with van der Waals surface area (Å²) in [7, 11) is 0. The number of nitrogens with zero attached hydrogens (tertiary/aromatic N) is 1. The highest BCUT2D eigenvalue weighted by Crippen LogP contribution is 2.40. The molecule has 164 valence electrons. The summed E-state index contributed by atoms with van der Waals surface area (Å²) in [5.41, 5.74) is 2.14. The molecule has 3 nitrogen and oxygen atoms in total. The fourth-order valence-electron chi connectivity index (χ4n) is 4.31. The number of amides is 1. The van der Waals surface area contributed by atoms with Crippen LogP contribution in [-0.2, 0) is 10.3 Å². The van der Waals surface area contributed by atoms with E-state index < -0.39 is 17.2 Å². The number of benzene rings is 3. The smallest absolute Gasteiger partial charge is 0.411 e. The van der Waals surface area contributed by atoms with E-state index in [1.54, 1.807) is 23.1 Å². The van der Waals surface area contributed by atoms with Crippen LogP contribution in [0.3, 0.4) is 0 Å². The molecule has 0 radical (unpaired) electrons. The number of hydrogen-bond donors (Lipinski definition) is 0. The van der Waals surface area contributed by atoms with E-state index in [0.717, 1.165) is 17.2 Å². The third-order valence-electron chi connectivity index (χ3n) is 6.15. The van der Waals surface area contributed by atoms with Crippen molar-refractivity contribution in [3.63, 3.8) is 0 Å². The highest BCUT2D eigenvalue weighted by atomic mass is 19.1. The van der Waals surface area contributed by atoms with Gasteiger partial charge in [-0.15, -0.1) is 6.58 Å². The Morgan fingerprint density at radius 3 is 2.44 bits per heavy atom. The van der Waals surface area contributed by atoms with E-state index in [-0.39, 0.29) is 12.1 Å². The van der Waals surface area contributed by atoms with Gasteiger partial charge in [0, 0.05) is 31.0 Å². The molecule has 5 heteroatoms. The molecule has 0 saturated carbocycles. The van der Waals surface area contributed by atoms with Gasteiger partial charge in [0.2, 0.25) is 0 Å². The lowest BCUT2D eigenvalue weighted by Crippen LogP contribution is -2.48. The lowest BCUT2D eigenvalue weighted by Gasteiger charge is -2.43. The van der Waals surface area contributed by atoms with E-state index in [2.05, 4.69) is 6.58 Å². The third kappa shape index (κ3) is 4.15. The van der Waals surface area contributed by atoms with Crippen LogP contribution in [0.2, 0.25) is 0 Å². The Labute approximate surface area is 187 Å². The van der Waals surface area contributed by atoms with Gasteiger partial charge in [0.15, 0.2) is 0 Å². The van der Waals surface area contributed by atoms with Crippen molar-refractivity contribution in [1.29, 1.82) is 0 Å². The van der Waals surface area contributed by atoms with Crippen molar-refractivity contribution in [1.82, 2.24) is 4.90 Å². The third-order valence-corrected chi connectivity index (χ3v) is 6.15. The van der Waals surface area contributed by atoms with E-state index in [1.165, 1.54) is 12.1 Å². The molecule has 1 aliphatic rings. The number of rotatable bonds is 6. The molecule has 0 aromatic heterocycles. The molecule has 1 aliphatic heterocycles. The number of carbonyl (C=O) groups excluding carboxylic acids is 1. The molecule has 2 atom stereocenters. The maximum absolute atomic E-state index is 14.1. The average Bonchev–Trinajstić information content (AvgIpc) is 2.80. The van der Waals surface area contributed by atoms with Crippen molar-refractivity contribution in [3.8, 4) is 11.1 Å². The minimum absolute atomic E-state index is 0.216. The Hall–Kier alpha value is -3.47. The summed E-state index contributed by atoms with van der Waals surface area (Å²) in [6.45, 7) is 6.32. The summed E-state index contributed by atoms with van der Waals surface area (Å²) in [5, 5.41) is 0. The van der Waals surface area contributed by atoms with E-state index >= 15 is 0 Å². The molecular weight excluding hydrogens is 408 g/mol. The molecule has 0 unspecified atom stereocenters. The number of carbonyl (C=O) groups is 1. The molecule has 4 rings (SSSR count). The van der Waals surface area contributed by atoms with Gasteiger partial charge in [-0.2, -0.15) is 0 Å². The first-order valence-electron chi connectivity index (χ1n) is 10.6. The van der Waals surface area contributed by atoms with Crippen LogP contribution in [0, 0.1) is 11.6 Å². The number of cyclic esters (lactones) is 1. The Kier molecular flexibility index (Phi) is 6.08. The molecule has 0 N–H and O–H groups in total. The van der Waals surface area contributed by atoms with Crippen molar-refractivity contribution in [2.75, 3.05) is 6.54 Å². The molecule has 1 amide bonds. The van der Waals surface area contributed by atoms with Crippen LogP contribution in [0.25, 0.3) is 11.1 Å². The van der Waals surface area contributed by atoms with E-state index in [1.807, 2.05) is 49.4 Å². The first kappa shape index (κ1) is 21.8. The molecular formula is C27H25F2NO2. The largest absolute Gasteiger partial charge is 0.437 e. The molecule has 3 aromatic rings. The zero-order valence-electron chi connectivity index (χ0n) is 17.9. The van der Waals surface area contributed by atoms with Crippen molar-refractivity contribution >= 4 is 6.09 Å². The molecule has 1 saturated heterocycles. The van der Waals surface area contributed by atoms with Crippen LogP contribution in [0.4, 0.5) is 13.6 Å². The molecule has 32 heavy (non-hydrogen) atoms. The minimum Gasteiger partial charge on any atom is -0.437 e. The van der Waals surface area contributed by atoms with Gasteiger partial charge >= 0.3 is 6.09 Å². The quantitative estimate of drug-likeness (QED) is 0.392. The summed E-state index contributed by atoms with van der Waals surface area (Å²) >= 11 is 0. The van der Waals surface area contributed by atoms with Crippen molar-refractivity contribution in [3.05, 3.63) is 108 Å². The topological polar surface area (TPSA) is 29.5 Å². The van der Waals surface area contributed by atoms with Gasteiger partial charge in [-0.25, -0.2) is 13.6 Å². The fraction of sp³-hybridized carbons (Fsp3) is 0.222. The Morgan fingerprint density at radius 1 is 1.09 bits per heavy atom. The van der Waals surface area contributed by atoms with E-state index in [0.29, 0.717) is 30.5 Å². The maximum atomic E-state index is 14.1. The summed E-state index contributed by atoms with van der Waals surface area (Å²) in [6, 6.07) is 20.4. The van der Waals surface area contributed by atoms with Crippen molar-refractivity contribution < 1.29 is 18.3 Å². The monoisotopic (exact) mass is 433 g/mol. The second kappa shape index (κ2) is 8.95. The van der Waals surface area contributed by atoms with Gasteiger partial charge in [0.1, 0.15) is 17.2 Å². The number of halogens is 2. The first-order valence-corrected chi connectivity index (χ1v) is 10.6. The van der Waals surface area contributed by atoms with Gasteiger partial charge in [-0.05, 0) is 35.7 Å². The Bertz CT molecular complexity index is 1110. The van der Waals surface area contributed by atoms with Crippen LogP contribution in [0.15, 0.2) is 85.5 Å². The van der Waals surface area contributed by atoms with Gasteiger partial charge in [-0.1, -0.05) is 60.7 Å². The van der Waals surface area contributed by atoms with Gasteiger partial charge < -0.3 is 9.64 Å². The van der Waals surface area contributed by atoms with Gasteiger partial charge in [-0.3, -0.25) is 0 Å². The summed E-state index contributed by atoms with van der Waals surface area (Å²) < 4.78 is 33.3. The predicted molar refractivity (Wildman–Crippen MR) is 121 cm³/mol. The second-order valence-electron chi connectivity index (χ2n) is 8.09. The zero-order chi connectivity index (χ0) is 22.7. The first-order chi connectivity index (χ1) is 15.4. The standard InChI is InChI=1S/C27H25F2NO2/c1-3-15-27(22-7-5-4-6-8-22)16-17-30(26(31)32-27)19(2)20-9-11-21(12-10-20)24-14-13-23(28)18-25(24)29/h3-14,18-19H,1,15-17H2,2H3/t19-,27-/m0/s1. The van der Waals surface area contributed by atoms with Crippen LogP contribution in [-0.4, -0.2) is 17.5 Å². The molecule has 0 spiro atoms. The van der Waals surface area contributed by atoms with Crippen molar-refractivity contribution in [2.45, 2.75) is 31.4 Å². The van der Waals surface area contributed by atoms with Crippen LogP contribution >= 0.6 is 0 Å². The highest BCUT2D eigenvalue weighted by Gasteiger charge is 2.42. The second-order valence-corrected chi connectivity index (χ2v) is 8.09. The summed E-state index contributed by atoms with van der Waals surface area (Å²) in [4.78, 5) is 14.7.